The van der Waals surface area contributed by atoms with Gasteiger partial charge in [0.25, 0.3) is 0 Å². The first kappa shape index (κ1) is 43.9. The van der Waals surface area contributed by atoms with E-state index in [9.17, 15) is 9.59 Å². The summed E-state index contributed by atoms with van der Waals surface area (Å²) in [6.45, 7) is 6.76. The van der Waals surface area contributed by atoms with Crippen molar-refractivity contribution in [2.24, 2.45) is 5.73 Å². The monoisotopic (exact) mass is 636 g/mol. The van der Waals surface area contributed by atoms with Crippen molar-refractivity contribution in [3.05, 3.63) is 0 Å². The van der Waals surface area contributed by atoms with Crippen LogP contribution in [0.3, 0.4) is 0 Å². The molecule has 5 nitrogen and oxygen atoms in total. The van der Waals surface area contributed by atoms with Crippen molar-refractivity contribution in [1.29, 1.82) is 0 Å². The first-order valence-electron chi connectivity index (χ1n) is 20.4. The van der Waals surface area contributed by atoms with Gasteiger partial charge >= 0.3 is 0 Å². The van der Waals surface area contributed by atoms with Crippen LogP contribution in [0.1, 0.15) is 233 Å². The van der Waals surface area contributed by atoms with Crippen LogP contribution in [0.4, 0.5) is 0 Å². The zero-order valence-electron chi connectivity index (χ0n) is 30.9. The van der Waals surface area contributed by atoms with Crippen molar-refractivity contribution in [1.82, 2.24) is 10.6 Å². The minimum Gasteiger partial charge on any atom is -0.332 e. The predicted octanol–water partition coefficient (Wildman–Crippen LogP) is 11.8. The molecule has 0 aromatic rings. The van der Waals surface area contributed by atoms with Crippen molar-refractivity contribution in [2.75, 3.05) is 6.54 Å². The Balaban J connectivity index is 3.76. The van der Waals surface area contributed by atoms with E-state index in [1.54, 1.807) is 0 Å². The molecule has 45 heavy (non-hydrogen) atoms. The summed E-state index contributed by atoms with van der Waals surface area (Å²) in [5, 5.41) is 6.14. The second-order valence-corrected chi connectivity index (χ2v) is 14.1. The average molecular weight is 636 g/mol. The Bertz CT molecular complexity index is 585. The van der Waals surface area contributed by atoms with Crippen molar-refractivity contribution < 1.29 is 9.59 Å². The van der Waals surface area contributed by atoms with Crippen LogP contribution < -0.4 is 16.4 Å². The maximum absolute atomic E-state index is 12.7. The Morgan fingerprint density at radius 3 is 0.822 bits per heavy atom. The second-order valence-electron chi connectivity index (χ2n) is 14.1. The fraction of sp³-hybridized carbons (Fsp3) is 0.950. The molecular formula is C40H81N3O2. The fourth-order valence-corrected chi connectivity index (χ4v) is 6.43. The number of amides is 2. The summed E-state index contributed by atoms with van der Waals surface area (Å²) in [4.78, 5) is 25.4. The summed E-state index contributed by atoms with van der Waals surface area (Å²) in [7, 11) is 0. The van der Waals surface area contributed by atoms with Crippen LogP contribution in [0.25, 0.3) is 0 Å². The van der Waals surface area contributed by atoms with Crippen LogP contribution in [0, 0.1) is 0 Å². The summed E-state index contributed by atoms with van der Waals surface area (Å²) in [6.07, 6.45) is 41.1. The van der Waals surface area contributed by atoms with Crippen LogP contribution in [-0.2, 0) is 9.59 Å². The lowest BCUT2D eigenvalue weighted by atomic mass is 10.0. The molecule has 0 aliphatic carbocycles. The lowest BCUT2D eigenvalue weighted by molar-refractivity contribution is -0.127. The van der Waals surface area contributed by atoms with Crippen LogP contribution in [0.15, 0.2) is 0 Å². The SMILES string of the molecule is CCCCCCCCCCCCCCCCCC(=O)NC(CC)(CN)NC(=O)CCCCCCCCCCCCCCCCC. The number of unbranched alkanes of at least 4 members (excludes halogenated alkanes) is 28. The zero-order chi connectivity index (χ0) is 33.1. The van der Waals surface area contributed by atoms with Crippen molar-refractivity contribution in [3.8, 4) is 0 Å². The van der Waals surface area contributed by atoms with Gasteiger partial charge in [0.2, 0.25) is 11.8 Å². The molecular weight excluding hydrogens is 554 g/mol. The molecule has 0 aromatic carbocycles. The first-order valence-corrected chi connectivity index (χ1v) is 20.4. The molecule has 268 valence electrons. The van der Waals surface area contributed by atoms with Gasteiger partial charge in [-0.25, -0.2) is 0 Å². The van der Waals surface area contributed by atoms with Crippen LogP contribution >= 0.6 is 0 Å². The summed E-state index contributed by atoms with van der Waals surface area (Å²) in [5.74, 6) is 0.00790. The quantitative estimate of drug-likeness (QED) is 0.0473. The third kappa shape index (κ3) is 30.0. The number of hydrogen-bond acceptors (Lipinski definition) is 3. The molecule has 0 bridgehead atoms. The molecule has 0 spiro atoms. The lowest BCUT2D eigenvalue weighted by Gasteiger charge is -2.33. The molecule has 0 saturated heterocycles. The Morgan fingerprint density at radius 2 is 0.622 bits per heavy atom. The highest BCUT2D eigenvalue weighted by molar-refractivity contribution is 5.80. The Kier molecular flexibility index (Phi) is 33.4. The van der Waals surface area contributed by atoms with E-state index >= 15 is 0 Å². The number of nitrogens with two attached hydrogens (primary N) is 1. The molecule has 2 amide bonds. The van der Waals surface area contributed by atoms with E-state index in [-0.39, 0.29) is 18.4 Å². The summed E-state index contributed by atoms with van der Waals surface area (Å²) < 4.78 is 0. The highest BCUT2D eigenvalue weighted by atomic mass is 16.2. The smallest absolute Gasteiger partial charge is 0.221 e. The predicted molar refractivity (Wildman–Crippen MR) is 197 cm³/mol. The average Bonchev–Trinajstić information content (AvgIpc) is 3.04. The van der Waals surface area contributed by atoms with Gasteiger partial charge in [0.05, 0.1) is 0 Å². The van der Waals surface area contributed by atoms with Gasteiger partial charge in [0.15, 0.2) is 0 Å². The van der Waals surface area contributed by atoms with E-state index in [0.29, 0.717) is 19.3 Å². The van der Waals surface area contributed by atoms with E-state index in [2.05, 4.69) is 24.5 Å². The molecule has 0 aliphatic heterocycles. The third-order valence-corrected chi connectivity index (χ3v) is 9.72. The largest absolute Gasteiger partial charge is 0.332 e. The van der Waals surface area contributed by atoms with Gasteiger partial charge in [-0.05, 0) is 19.3 Å². The number of carbonyl (C=O) groups is 2. The minimum atomic E-state index is -0.820. The van der Waals surface area contributed by atoms with Gasteiger partial charge in [-0.15, -0.1) is 0 Å². The molecule has 0 heterocycles. The molecule has 0 unspecified atom stereocenters. The Hall–Kier alpha value is -1.10. The minimum absolute atomic E-state index is 0.00395. The normalized spacial score (nSPS) is 11.6. The highest BCUT2D eigenvalue weighted by Gasteiger charge is 2.29. The standard InChI is InChI=1S/C40H81N3O2/c1-4-7-9-11-13-15-17-19-21-23-25-27-29-31-33-35-38(44)42-40(6-3,37-41)43-39(45)36-34-32-30-28-26-24-22-20-18-16-14-12-10-8-5-2/h4-37,41H2,1-3H3,(H,42,44)(H,43,45). The number of carbonyl (C=O) groups excluding carboxylic acids is 2. The molecule has 5 heteroatoms. The summed E-state index contributed by atoms with van der Waals surface area (Å²) >= 11 is 0. The second kappa shape index (κ2) is 34.2. The lowest BCUT2D eigenvalue weighted by Crippen LogP contribution is -2.64. The Morgan fingerprint density at radius 1 is 0.400 bits per heavy atom. The van der Waals surface area contributed by atoms with Crippen LogP contribution in [0.2, 0.25) is 0 Å². The van der Waals surface area contributed by atoms with Gasteiger partial charge in [-0.3, -0.25) is 9.59 Å². The molecule has 0 aliphatic rings. The van der Waals surface area contributed by atoms with E-state index in [1.807, 2.05) is 6.92 Å². The number of hydrogen-bond donors (Lipinski definition) is 3. The van der Waals surface area contributed by atoms with Crippen LogP contribution in [-0.4, -0.2) is 24.0 Å². The van der Waals surface area contributed by atoms with E-state index in [4.69, 9.17) is 5.73 Å². The van der Waals surface area contributed by atoms with E-state index < -0.39 is 5.66 Å². The van der Waals surface area contributed by atoms with Gasteiger partial charge in [-0.1, -0.05) is 201 Å². The number of rotatable bonds is 36. The van der Waals surface area contributed by atoms with Crippen LogP contribution in [0.5, 0.6) is 0 Å². The Labute approximate surface area is 282 Å². The highest BCUT2D eigenvalue weighted by Crippen LogP contribution is 2.16. The maximum Gasteiger partial charge on any atom is 0.221 e. The van der Waals surface area contributed by atoms with Crippen molar-refractivity contribution >= 4 is 11.8 Å². The van der Waals surface area contributed by atoms with E-state index in [1.165, 1.54) is 167 Å². The summed E-state index contributed by atoms with van der Waals surface area (Å²) in [5.41, 5.74) is 5.24. The fourth-order valence-electron chi connectivity index (χ4n) is 6.43. The summed E-state index contributed by atoms with van der Waals surface area (Å²) in [6, 6.07) is 0. The molecule has 4 N–H and O–H groups in total. The molecule has 0 radical (unpaired) electrons. The zero-order valence-corrected chi connectivity index (χ0v) is 30.9. The molecule has 0 saturated carbocycles. The molecule has 0 fully saturated rings. The maximum atomic E-state index is 12.7. The van der Waals surface area contributed by atoms with Crippen molar-refractivity contribution in [2.45, 2.75) is 238 Å². The topological polar surface area (TPSA) is 84.2 Å². The van der Waals surface area contributed by atoms with Gasteiger partial charge in [-0.2, -0.15) is 0 Å². The number of nitrogens with one attached hydrogen (secondary N) is 2. The van der Waals surface area contributed by atoms with Gasteiger partial charge in [0, 0.05) is 19.4 Å². The third-order valence-electron chi connectivity index (χ3n) is 9.72. The van der Waals surface area contributed by atoms with E-state index in [0.717, 1.165) is 25.7 Å². The molecule has 0 atom stereocenters. The molecule has 0 aromatic heterocycles. The molecule has 0 rings (SSSR count). The van der Waals surface area contributed by atoms with Gasteiger partial charge in [0.1, 0.15) is 5.66 Å². The first-order chi connectivity index (χ1) is 22.0. The van der Waals surface area contributed by atoms with Crippen molar-refractivity contribution in [3.63, 3.8) is 0 Å². The van der Waals surface area contributed by atoms with Gasteiger partial charge < -0.3 is 16.4 Å².